The zero-order valence-electron chi connectivity index (χ0n) is 10.0. The molecule has 1 nitrogen and oxygen atoms in total. The smallest absolute Gasteiger partial charge is 0.126 e. The minimum absolute atomic E-state index is 0.610. The quantitative estimate of drug-likeness (QED) is 0.800. The van der Waals surface area contributed by atoms with E-state index in [9.17, 15) is 0 Å². The van der Waals surface area contributed by atoms with Crippen molar-refractivity contribution in [3.8, 4) is 5.75 Å². The summed E-state index contributed by atoms with van der Waals surface area (Å²) in [5.74, 6) is 0.975. The van der Waals surface area contributed by atoms with E-state index >= 15 is 0 Å². The maximum Gasteiger partial charge on any atom is 0.126 e. The van der Waals surface area contributed by atoms with Crippen LogP contribution in [-0.2, 0) is 6.61 Å². The number of aryl methyl sites for hydroxylation is 1. The SMILES string of the molecule is Cc1ccc(Br)c(C)c1OCc1ccccc1. The van der Waals surface area contributed by atoms with Crippen LogP contribution in [0.25, 0.3) is 0 Å². The molecular weight excluding hydrogens is 276 g/mol. The molecule has 0 radical (unpaired) electrons. The van der Waals surface area contributed by atoms with E-state index in [4.69, 9.17) is 4.74 Å². The highest BCUT2D eigenvalue weighted by atomic mass is 79.9. The number of ether oxygens (including phenoxy) is 1. The third kappa shape index (κ3) is 2.89. The maximum atomic E-state index is 5.90. The van der Waals surface area contributed by atoms with Gasteiger partial charge in [0, 0.05) is 10.0 Å². The molecule has 0 unspecified atom stereocenters. The highest BCUT2D eigenvalue weighted by Crippen LogP contribution is 2.30. The Morgan fingerprint density at radius 1 is 1.00 bits per heavy atom. The molecule has 0 saturated heterocycles. The topological polar surface area (TPSA) is 9.23 Å². The Labute approximate surface area is 111 Å². The third-order valence-corrected chi connectivity index (χ3v) is 3.62. The second kappa shape index (κ2) is 5.37. The molecule has 2 heteroatoms. The van der Waals surface area contributed by atoms with E-state index in [-0.39, 0.29) is 0 Å². The molecule has 0 aliphatic rings. The average Bonchev–Trinajstić information content (AvgIpc) is 2.35. The van der Waals surface area contributed by atoms with Crippen LogP contribution in [0.4, 0.5) is 0 Å². The summed E-state index contributed by atoms with van der Waals surface area (Å²) in [4.78, 5) is 0. The van der Waals surface area contributed by atoms with Crippen molar-refractivity contribution in [3.63, 3.8) is 0 Å². The zero-order valence-corrected chi connectivity index (χ0v) is 11.6. The van der Waals surface area contributed by atoms with Gasteiger partial charge >= 0.3 is 0 Å². The van der Waals surface area contributed by atoms with Crippen LogP contribution in [0.3, 0.4) is 0 Å². The van der Waals surface area contributed by atoms with Gasteiger partial charge in [0.1, 0.15) is 12.4 Å². The molecule has 88 valence electrons. The Morgan fingerprint density at radius 3 is 2.41 bits per heavy atom. The van der Waals surface area contributed by atoms with Gasteiger partial charge in [0.15, 0.2) is 0 Å². The number of hydrogen-bond donors (Lipinski definition) is 0. The van der Waals surface area contributed by atoms with Crippen LogP contribution in [0.2, 0.25) is 0 Å². The first-order valence-corrected chi connectivity index (χ1v) is 6.40. The van der Waals surface area contributed by atoms with Crippen molar-refractivity contribution in [2.45, 2.75) is 20.5 Å². The maximum absolute atomic E-state index is 5.90. The van der Waals surface area contributed by atoms with Gasteiger partial charge in [-0.25, -0.2) is 0 Å². The molecule has 0 spiro atoms. The molecule has 2 aromatic rings. The molecule has 17 heavy (non-hydrogen) atoms. The van der Waals surface area contributed by atoms with Crippen LogP contribution in [0.5, 0.6) is 5.75 Å². The monoisotopic (exact) mass is 290 g/mol. The summed E-state index contributed by atoms with van der Waals surface area (Å²) in [7, 11) is 0. The molecule has 0 atom stereocenters. The zero-order chi connectivity index (χ0) is 12.3. The summed E-state index contributed by atoms with van der Waals surface area (Å²) in [6.07, 6.45) is 0. The van der Waals surface area contributed by atoms with E-state index in [0.717, 1.165) is 15.8 Å². The normalized spacial score (nSPS) is 10.3. The van der Waals surface area contributed by atoms with Gasteiger partial charge in [-0.2, -0.15) is 0 Å². The molecule has 0 aromatic heterocycles. The van der Waals surface area contributed by atoms with Crippen LogP contribution < -0.4 is 4.74 Å². The lowest BCUT2D eigenvalue weighted by atomic mass is 10.1. The molecule has 0 amide bonds. The fourth-order valence-electron chi connectivity index (χ4n) is 1.75. The number of rotatable bonds is 3. The van der Waals surface area contributed by atoms with Crippen LogP contribution in [0.1, 0.15) is 16.7 Å². The van der Waals surface area contributed by atoms with E-state index < -0.39 is 0 Å². The molecule has 0 aliphatic carbocycles. The summed E-state index contributed by atoms with van der Waals surface area (Å²) in [5.41, 5.74) is 3.51. The second-order valence-electron chi connectivity index (χ2n) is 4.09. The minimum Gasteiger partial charge on any atom is -0.488 e. The first kappa shape index (κ1) is 12.2. The van der Waals surface area contributed by atoms with E-state index in [1.807, 2.05) is 18.2 Å². The van der Waals surface area contributed by atoms with Gasteiger partial charge in [0.2, 0.25) is 0 Å². The molecule has 2 aromatic carbocycles. The second-order valence-corrected chi connectivity index (χ2v) is 4.95. The van der Waals surface area contributed by atoms with Gasteiger partial charge in [-0.15, -0.1) is 0 Å². The molecule has 0 fully saturated rings. The van der Waals surface area contributed by atoms with Crippen LogP contribution in [0, 0.1) is 13.8 Å². The van der Waals surface area contributed by atoms with E-state index in [0.29, 0.717) is 6.61 Å². The summed E-state index contributed by atoms with van der Waals surface area (Å²) >= 11 is 3.53. The Kier molecular flexibility index (Phi) is 3.85. The van der Waals surface area contributed by atoms with E-state index in [1.165, 1.54) is 11.1 Å². The lowest BCUT2D eigenvalue weighted by Crippen LogP contribution is -1.99. The average molecular weight is 291 g/mol. The highest BCUT2D eigenvalue weighted by Gasteiger charge is 2.07. The lowest BCUT2D eigenvalue weighted by Gasteiger charge is -2.13. The molecule has 0 N–H and O–H groups in total. The van der Waals surface area contributed by atoms with Crippen molar-refractivity contribution in [1.29, 1.82) is 0 Å². The van der Waals surface area contributed by atoms with Crippen molar-refractivity contribution in [2.24, 2.45) is 0 Å². The highest BCUT2D eigenvalue weighted by molar-refractivity contribution is 9.10. The molecular formula is C15H15BrO. The summed E-state index contributed by atoms with van der Waals surface area (Å²) in [6.45, 7) is 4.75. The van der Waals surface area contributed by atoms with E-state index in [1.54, 1.807) is 0 Å². The van der Waals surface area contributed by atoms with Crippen molar-refractivity contribution < 1.29 is 4.74 Å². The first-order chi connectivity index (χ1) is 8.18. The summed E-state index contributed by atoms with van der Waals surface area (Å²) in [6, 6.07) is 14.3. The van der Waals surface area contributed by atoms with Crippen molar-refractivity contribution in [1.82, 2.24) is 0 Å². The fourth-order valence-corrected chi connectivity index (χ4v) is 2.07. The van der Waals surface area contributed by atoms with Gasteiger partial charge in [0.25, 0.3) is 0 Å². The van der Waals surface area contributed by atoms with Gasteiger partial charge in [-0.1, -0.05) is 52.3 Å². The molecule has 0 aliphatic heterocycles. The van der Waals surface area contributed by atoms with Crippen LogP contribution in [0.15, 0.2) is 46.9 Å². The van der Waals surface area contributed by atoms with E-state index in [2.05, 4.69) is 54.0 Å². The van der Waals surface area contributed by atoms with Gasteiger partial charge < -0.3 is 4.74 Å². The standard InChI is InChI=1S/C15H15BrO/c1-11-8-9-14(16)12(2)15(11)17-10-13-6-4-3-5-7-13/h3-9H,10H2,1-2H3. The fraction of sp³-hybridized carbons (Fsp3) is 0.200. The van der Waals surface area contributed by atoms with Crippen molar-refractivity contribution in [3.05, 3.63) is 63.6 Å². The Hall–Kier alpha value is -1.28. The number of hydrogen-bond acceptors (Lipinski definition) is 1. The van der Waals surface area contributed by atoms with Crippen molar-refractivity contribution >= 4 is 15.9 Å². The summed E-state index contributed by atoms with van der Waals surface area (Å²) < 4.78 is 6.99. The Bertz CT molecular complexity index is 506. The third-order valence-electron chi connectivity index (χ3n) is 2.76. The number of halogens is 1. The molecule has 0 heterocycles. The largest absolute Gasteiger partial charge is 0.488 e. The van der Waals surface area contributed by atoms with Gasteiger partial charge in [0.05, 0.1) is 0 Å². The van der Waals surface area contributed by atoms with Gasteiger partial charge in [-0.3, -0.25) is 0 Å². The summed E-state index contributed by atoms with van der Waals surface area (Å²) in [5, 5.41) is 0. The van der Waals surface area contributed by atoms with Crippen LogP contribution in [-0.4, -0.2) is 0 Å². The molecule has 2 rings (SSSR count). The minimum atomic E-state index is 0.610. The lowest BCUT2D eigenvalue weighted by molar-refractivity contribution is 0.301. The molecule has 0 bridgehead atoms. The van der Waals surface area contributed by atoms with Gasteiger partial charge in [-0.05, 0) is 31.0 Å². The predicted octanol–water partition coefficient (Wildman–Crippen LogP) is 4.64. The van der Waals surface area contributed by atoms with Crippen LogP contribution >= 0.6 is 15.9 Å². The predicted molar refractivity (Wildman–Crippen MR) is 74.4 cm³/mol. The number of benzene rings is 2. The molecule has 0 saturated carbocycles. The Morgan fingerprint density at radius 2 is 1.71 bits per heavy atom. The van der Waals surface area contributed by atoms with Crippen molar-refractivity contribution in [2.75, 3.05) is 0 Å². The first-order valence-electron chi connectivity index (χ1n) is 5.61. The Balaban J connectivity index is 2.17.